The molecule has 20 heavy (non-hydrogen) atoms. The molecule has 2 heteroatoms. The Labute approximate surface area is 134 Å². The topological polar surface area (TPSA) is 17.1 Å². The third-order valence-electron chi connectivity index (χ3n) is 3.67. The van der Waals surface area contributed by atoms with Crippen molar-refractivity contribution in [3.63, 3.8) is 0 Å². The molecule has 0 aromatic heterocycles. The van der Waals surface area contributed by atoms with Gasteiger partial charge in [-0.25, -0.2) is 0 Å². The van der Waals surface area contributed by atoms with E-state index in [4.69, 9.17) is 0 Å². The molecule has 2 aromatic rings. The van der Waals surface area contributed by atoms with E-state index in [0.717, 1.165) is 33.1 Å². The van der Waals surface area contributed by atoms with Gasteiger partial charge in [0.1, 0.15) is 0 Å². The van der Waals surface area contributed by atoms with Crippen LogP contribution in [0.25, 0.3) is 0 Å². The van der Waals surface area contributed by atoms with E-state index in [0.29, 0.717) is 0 Å². The highest BCUT2D eigenvalue weighted by molar-refractivity contribution is 14.1. The first-order valence-corrected chi connectivity index (χ1v) is 8.08. The zero-order valence-electron chi connectivity index (χ0n) is 12.2. The lowest BCUT2D eigenvalue weighted by atomic mass is 9.95. The van der Waals surface area contributed by atoms with Crippen molar-refractivity contribution >= 4 is 28.4 Å². The number of benzene rings is 2. The summed E-state index contributed by atoms with van der Waals surface area (Å²) in [7, 11) is 0. The Morgan fingerprint density at radius 3 is 2.40 bits per heavy atom. The van der Waals surface area contributed by atoms with Crippen LogP contribution in [-0.4, -0.2) is 5.78 Å². The van der Waals surface area contributed by atoms with Crippen LogP contribution in [0, 0.1) is 10.5 Å². The van der Waals surface area contributed by atoms with E-state index >= 15 is 0 Å². The highest BCUT2D eigenvalue weighted by Crippen LogP contribution is 2.22. The highest BCUT2D eigenvalue weighted by atomic mass is 127. The Balaban J connectivity index is 2.46. The predicted octanol–water partition coefficient (Wildman–Crippen LogP) is 4.96. The molecule has 0 saturated heterocycles. The smallest absolute Gasteiger partial charge is 0.194 e. The number of halogens is 1. The van der Waals surface area contributed by atoms with E-state index < -0.39 is 0 Å². The fraction of sp³-hybridized carbons (Fsp3) is 0.278. The molecule has 0 spiro atoms. The van der Waals surface area contributed by atoms with Gasteiger partial charge in [-0.2, -0.15) is 0 Å². The van der Waals surface area contributed by atoms with Crippen molar-refractivity contribution in [3.05, 3.63) is 67.8 Å². The van der Waals surface area contributed by atoms with E-state index in [1.807, 2.05) is 31.2 Å². The number of rotatable bonds is 4. The lowest BCUT2D eigenvalue weighted by Crippen LogP contribution is -2.06. The largest absolute Gasteiger partial charge is 0.289 e. The number of carbonyl (C=O) groups is 1. The van der Waals surface area contributed by atoms with Crippen LogP contribution in [0.1, 0.15) is 46.5 Å². The third-order valence-corrected chi connectivity index (χ3v) is 5.10. The number of hydrogen-bond donors (Lipinski definition) is 0. The Morgan fingerprint density at radius 2 is 1.75 bits per heavy atom. The summed E-state index contributed by atoms with van der Waals surface area (Å²) in [5, 5.41) is 0. The second kappa shape index (κ2) is 6.53. The second-order valence-electron chi connectivity index (χ2n) is 4.96. The third kappa shape index (κ3) is 2.95. The van der Waals surface area contributed by atoms with Gasteiger partial charge in [-0.05, 0) is 71.2 Å². The molecule has 2 rings (SSSR count). The van der Waals surface area contributed by atoms with Crippen LogP contribution < -0.4 is 0 Å². The summed E-state index contributed by atoms with van der Waals surface area (Å²) >= 11 is 2.26. The van der Waals surface area contributed by atoms with Crippen molar-refractivity contribution in [2.45, 2.75) is 33.6 Å². The van der Waals surface area contributed by atoms with Crippen molar-refractivity contribution in [2.24, 2.45) is 0 Å². The summed E-state index contributed by atoms with van der Waals surface area (Å²) < 4.78 is 1.05. The van der Waals surface area contributed by atoms with Gasteiger partial charge in [0, 0.05) is 14.7 Å². The van der Waals surface area contributed by atoms with Gasteiger partial charge in [0.2, 0.25) is 0 Å². The molecule has 0 aliphatic rings. The molecule has 0 aliphatic heterocycles. The normalized spacial score (nSPS) is 10.6. The van der Waals surface area contributed by atoms with Gasteiger partial charge in [-0.15, -0.1) is 0 Å². The van der Waals surface area contributed by atoms with Crippen LogP contribution >= 0.6 is 22.6 Å². The van der Waals surface area contributed by atoms with Gasteiger partial charge in [0.15, 0.2) is 5.78 Å². The Bertz CT molecular complexity index is 644. The SMILES string of the molecule is CCc1ccc(C(=O)c2cccc(C)c2I)cc1CC. The van der Waals surface area contributed by atoms with E-state index in [9.17, 15) is 4.79 Å². The van der Waals surface area contributed by atoms with Crippen molar-refractivity contribution in [3.8, 4) is 0 Å². The van der Waals surface area contributed by atoms with Crippen LogP contribution in [0.15, 0.2) is 36.4 Å². The summed E-state index contributed by atoms with van der Waals surface area (Å²) in [6.07, 6.45) is 1.98. The van der Waals surface area contributed by atoms with Crippen LogP contribution in [0.5, 0.6) is 0 Å². The van der Waals surface area contributed by atoms with Crippen molar-refractivity contribution < 1.29 is 4.79 Å². The van der Waals surface area contributed by atoms with E-state index in [-0.39, 0.29) is 5.78 Å². The van der Waals surface area contributed by atoms with Gasteiger partial charge < -0.3 is 0 Å². The number of ketones is 1. The minimum atomic E-state index is 0.121. The average Bonchev–Trinajstić information content (AvgIpc) is 2.48. The molecule has 0 aliphatic carbocycles. The Kier molecular flexibility index (Phi) is 4.97. The molecule has 0 bridgehead atoms. The molecule has 0 heterocycles. The first kappa shape index (κ1) is 15.2. The van der Waals surface area contributed by atoms with Gasteiger partial charge >= 0.3 is 0 Å². The zero-order valence-corrected chi connectivity index (χ0v) is 14.3. The van der Waals surface area contributed by atoms with E-state index in [2.05, 4.69) is 48.6 Å². The molecule has 0 atom stereocenters. The first-order valence-electron chi connectivity index (χ1n) is 7.00. The molecule has 104 valence electrons. The molecule has 0 radical (unpaired) electrons. The van der Waals surface area contributed by atoms with Gasteiger partial charge in [-0.3, -0.25) is 4.79 Å². The summed E-state index contributed by atoms with van der Waals surface area (Å²) in [5.41, 5.74) is 5.36. The number of carbonyl (C=O) groups excluding carboxylic acids is 1. The molecular formula is C18H19IO. The van der Waals surface area contributed by atoms with E-state index in [1.54, 1.807) is 0 Å². The van der Waals surface area contributed by atoms with Crippen LogP contribution in [0.2, 0.25) is 0 Å². The van der Waals surface area contributed by atoms with E-state index in [1.165, 1.54) is 11.1 Å². The Hall–Kier alpha value is -1.16. The molecule has 0 unspecified atom stereocenters. The minimum Gasteiger partial charge on any atom is -0.289 e. The lowest BCUT2D eigenvalue weighted by Gasteiger charge is -2.10. The first-order chi connectivity index (χ1) is 9.58. The van der Waals surface area contributed by atoms with Crippen molar-refractivity contribution in [1.82, 2.24) is 0 Å². The maximum absolute atomic E-state index is 12.7. The summed E-state index contributed by atoms with van der Waals surface area (Å²) in [5.74, 6) is 0.121. The summed E-state index contributed by atoms with van der Waals surface area (Å²) in [6, 6.07) is 12.0. The molecular weight excluding hydrogens is 359 g/mol. The predicted molar refractivity (Wildman–Crippen MR) is 92.5 cm³/mol. The minimum absolute atomic E-state index is 0.121. The Morgan fingerprint density at radius 1 is 1.05 bits per heavy atom. The average molecular weight is 378 g/mol. The highest BCUT2D eigenvalue weighted by Gasteiger charge is 2.14. The zero-order chi connectivity index (χ0) is 14.7. The number of aryl methyl sites for hydroxylation is 3. The van der Waals surface area contributed by atoms with Crippen LogP contribution in [0.3, 0.4) is 0 Å². The number of hydrogen-bond acceptors (Lipinski definition) is 1. The monoisotopic (exact) mass is 378 g/mol. The molecule has 0 amide bonds. The standard InChI is InChI=1S/C18H19IO/c1-4-13-9-10-15(11-14(13)5-2)18(20)16-8-6-7-12(3)17(16)19/h6-11H,4-5H2,1-3H3. The molecule has 2 aromatic carbocycles. The summed E-state index contributed by atoms with van der Waals surface area (Å²) in [4.78, 5) is 12.7. The van der Waals surface area contributed by atoms with Crippen LogP contribution in [0.4, 0.5) is 0 Å². The van der Waals surface area contributed by atoms with Gasteiger partial charge in [0.05, 0.1) is 0 Å². The van der Waals surface area contributed by atoms with Crippen LogP contribution in [-0.2, 0) is 12.8 Å². The summed E-state index contributed by atoms with van der Waals surface area (Å²) in [6.45, 7) is 6.33. The maximum atomic E-state index is 12.7. The second-order valence-corrected chi connectivity index (χ2v) is 6.03. The molecule has 0 saturated carbocycles. The fourth-order valence-electron chi connectivity index (χ4n) is 2.42. The molecule has 0 fully saturated rings. The lowest BCUT2D eigenvalue weighted by molar-refractivity contribution is 0.103. The van der Waals surface area contributed by atoms with Gasteiger partial charge in [-0.1, -0.05) is 38.1 Å². The van der Waals surface area contributed by atoms with Gasteiger partial charge in [0.25, 0.3) is 0 Å². The fourth-order valence-corrected chi connectivity index (χ4v) is 3.02. The van der Waals surface area contributed by atoms with Crippen molar-refractivity contribution in [1.29, 1.82) is 0 Å². The molecule has 1 nitrogen and oxygen atoms in total. The quantitative estimate of drug-likeness (QED) is 0.543. The molecule has 0 N–H and O–H groups in total. The maximum Gasteiger partial charge on any atom is 0.194 e. The van der Waals surface area contributed by atoms with Crippen molar-refractivity contribution in [2.75, 3.05) is 0 Å².